The molecule has 0 saturated carbocycles. The maximum absolute atomic E-state index is 11.3. The molecule has 0 spiro atoms. The molecule has 1 unspecified atom stereocenters. The predicted molar refractivity (Wildman–Crippen MR) is 56.1 cm³/mol. The monoisotopic (exact) mass is 211 g/mol. The maximum atomic E-state index is 11.3. The van der Waals surface area contributed by atoms with Gasteiger partial charge in [-0.3, -0.25) is 4.79 Å². The van der Waals surface area contributed by atoms with Gasteiger partial charge in [0.15, 0.2) is 0 Å². The first kappa shape index (κ1) is 11.8. The summed E-state index contributed by atoms with van der Waals surface area (Å²) >= 11 is 0. The first-order chi connectivity index (χ1) is 6.93. The Labute approximate surface area is 89.3 Å². The second-order valence-electron chi connectivity index (χ2n) is 4.12. The zero-order valence-corrected chi connectivity index (χ0v) is 9.28. The van der Waals surface area contributed by atoms with Crippen LogP contribution in [-0.4, -0.2) is 17.6 Å². The van der Waals surface area contributed by atoms with E-state index in [-0.39, 0.29) is 18.4 Å². The lowest BCUT2D eigenvalue weighted by molar-refractivity contribution is -0.125. The summed E-state index contributed by atoms with van der Waals surface area (Å²) in [5.74, 6) is 0.283. The summed E-state index contributed by atoms with van der Waals surface area (Å²) in [6, 6.07) is 3.38. The number of rotatable bonds is 4. The average Bonchev–Trinajstić information content (AvgIpc) is 2.67. The zero-order valence-electron chi connectivity index (χ0n) is 9.28. The SMILES string of the molecule is CC(C)C(=O)NCC(C)(O)c1ccco1. The van der Waals surface area contributed by atoms with Crippen molar-refractivity contribution in [1.29, 1.82) is 0 Å². The molecule has 1 aromatic heterocycles. The highest BCUT2D eigenvalue weighted by Crippen LogP contribution is 2.19. The number of amides is 1. The fourth-order valence-electron chi connectivity index (χ4n) is 1.14. The Bertz CT molecular complexity index is 315. The van der Waals surface area contributed by atoms with Gasteiger partial charge in [-0.15, -0.1) is 0 Å². The van der Waals surface area contributed by atoms with Crippen LogP contribution < -0.4 is 5.32 Å². The second kappa shape index (κ2) is 4.49. The van der Waals surface area contributed by atoms with Gasteiger partial charge in [0.1, 0.15) is 11.4 Å². The molecule has 84 valence electrons. The topological polar surface area (TPSA) is 62.5 Å². The van der Waals surface area contributed by atoms with Gasteiger partial charge < -0.3 is 14.8 Å². The van der Waals surface area contributed by atoms with E-state index in [4.69, 9.17) is 4.42 Å². The highest BCUT2D eigenvalue weighted by atomic mass is 16.4. The van der Waals surface area contributed by atoms with E-state index in [1.807, 2.05) is 0 Å². The fourth-order valence-corrected chi connectivity index (χ4v) is 1.14. The first-order valence-electron chi connectivity index (χ1n) is 4.97. The van der Waals surface area contributed by atoms with Crippen LogP contribution in [0.25, 0.3) is 0 Å². The van der Waals surface area contributed by atoms with Crippen molar-refractivity contribution in [1.82, 2.24) is 5.32 Å². The number of furan rings is 1. The summed E-state index contributed by atoms with van der Waals surface area (Å²) in [6.07, 6.45) is 1.49. The van der Waals surface area contributed by atoms with Crippen molar-refractivity contribution in [3.63, 3.8) is 0 Å². The van der Waals surface area contributed by atoms with Gasteiger partial charge in [-0.2, -0.15) is 0 Å². The minimum Gasteiger partial charge on any atom is -0.466 e. The van der Waals surface area contributed by atoms with E-state index in [2.05, 4.69) is 5.32 Å². The Morgan fingerprint density at radius 1 is 1.67 bits per heavy atom. The van der Waals surface area contributed by atoms with Gasteiger partial charge in [-0.25, -0.2) is 0 Å². The molecule has 0 aromatic carbocycles. The summed E-state index contributed by atoms with van der Waals surface area (Å²) in [5, 5.41) is 12.7. The van der Waals surface area contributed by atoms with E-state index in [1.165, 1.54) is 6.26 Å². The molecule has 4 heteroatoms. The molecule has 2 N–H and O–H groups in total. The quantitative estimate of drug-likeness (QED) is 0.788. The van der Waals surface area contributed by atoms with E-state index in [1.54, 1.807) is 32.9 Å². The van der Waals surface area contributed by atoms with Gasteiger partial charge in [-0.05, 0) is 19.1 Å². The van der Waals surface area contributed by atoms with Gasteiger partial charge in [0.25, 0.3) is 0 Å². The Hall–Kier alpha value is -1.29. The number of hydrogen-bond donors (Lipinski definition) is 2. The fraction of sp³-hybridized carbons (Fsp3) is 0.545. The van der Waals surface area contributed by atoms with Crippen LogP contribution in [0.5, 0.6) is 0 Å². The molecule has 1 atom stereocenters. The lowest BCUT2D eigenvalue weighted by Crippen LogP contribution is -2.40. The zero-order chi connectivity index (χ0) is 11.5. The number of carbonyl (C=O) groups excluding carboxylic acids is 1. The normalized spacial score (nSPS) is 15.0. The molecule has 1 rings (SSSR count). The Kier molecular flexibility index (Phi) is 3.52. The molecule has 0 saturated heterocycles. The van der Waals surface area contributed by atoms with E-state index in [0.29, 0.717) is 5.76 Å². The Morgan fingerprint density at radius 3 is 2.80 bits per heavy atom. The molecule has 1 aromatic rings. The molecule has 1 heterocycles. The van der Waals surface area contributed by atoms with Gasteiger partial charge in [0.05, 0.1) is 12.8 Å². The van der Waals surface area contributed by atoms with Crippen LogP contribution in [0.3, 0.4) is 0 Å². The Morgan fingerprint density at radius 2 is 2.33 bits per heavy atom. The number of hydrogen-bond acceptors (Lipinski definition) is 3. The van der Waals surface area contributed by atoms with Crippen molar-refractivity contribution in [2.75, 3.05) is 6.54 Å². The van der Waals surface area contributed by atoms with Crippen molar-refractivity contribution in [3.8, 4) is 0 Å². The first-order valence-corrected chi connectivity index (χ1v) is 4.97. The molecule has 4 nitrogen and oxygen atoms in total. The van der Waals surface area contributed by atoms with Crippen LogP contribution in [0, 0.1) is 5.92 Å². The third-order valence-corrected chi connectivity index (χ3v) is 2.18. The van der Waals surface area contributed by atoms with Crippen molar-refractivity contribution < 1.29 is 14.3 Å². The summed E-state index contributed by atoms with van der Waals surface area (Å²) < 4.78 is 5.09. The van der Waals surface area contributed by atoms with Crippen molar-refractivity contribution in [3.05, 3.63) is 24.2 Å². The second-order valence-corrected chi connectivity index (χ2v) is 4.12. The molecular weight excluding hydrogens is 194 g/mol. The van der Waals surface area contributed by atoms with E-state index in [0.717, 1.165) is 0 Å². The Balaban J connectivity index is 2.54. The molecule has 0 fully saturated rings. The molecule has 0 bridgehead atoms. The molecule has 1 amide bonds. The highest BCUT2D eigenvalue weighted by Gasteiger charge is 2.26. The van der Waals surface area contributed by atoms with Crippen LogP contribution >= 0.6 is 0 Å². The third kappa shape index (κ3) is 3.09. The summed E-state index contributed by atoms with van der Waals surface area (Å²) in [6.45, 7) is 5.36. The smallest absolute Gasteiger partial charge is 0.222 e. The maximum Gasteiger partial charge on any atom is 0.222 e. The average molecular weight is 211 g/mol. The number of aliphatic hydroxyl groups is 1. The number of carbonyl (C=O) groups is 1. The summed E-state index contributed by atoms with van der Waals surface area (Å²) in [4.78, 5) is 11.3. The van der Waals surface area contributed by atoms with E-state index in [9.17, 15) is 9.90 Å². The van der Waals surface area contributed by atoms with Crippen LogP contribution in [0.4, 0.5) is 0 Å². The van der Waals surface area contributed by atoms with Crippen LogP contribution in [0.15, 0.2) is 22.8 Å². The molecule has 0 aliphatic rings. The van der Waals surface area contributed by atoms with Gasteiger partial charge in [-0.1, -0.05) is 13.8 Å². The summed E-state index contributed by atoms with van der Waals surface area (Å²) in [7, 11) is 0. The molecule has 0 aliphatic carbocycles. The van der Waals surface area contributed by atoms with Gasteiger partial charge in [0, 0.05) is 5.92 Å². The van der Waals surface area contributed by atoms with E-state index >= 15 is 0 Å². The molecule has 15 heavy (non-hydrogen) atoms. The van der Waals surface area contributed by atoms with Crippen LogP contribution in [-0.2, 0) is 10.4 Å². The minimum atomic E-state index is -1.16. The lowest BCUT2D eigenvalue weighted by Gasteiger charge is -2.21. The molecule has 0 radical (unpaired) electrons. The third-order valence-electron chi connectivity index (χ3n) is 2.18. The van der Waals surface area contributed by atoms with Crippen LogP contribution in [0.1, 0.15) is 26.5 Å². The number of nitrogens with one attached hydrogen (secondary N) is 1. The van der Waals surface area contributed by atoms with Crippen molar-refractivity contribution >= 4 is 5.91 Å². The van der Waals surface area contributed by atoms with Crippen molar-refractivity contribution in [2.24, 2.45) is 5.92 Å². The molecule has 0 aliphatic heterocycles. The van der Waals surface area contributed by atoms with Crippen molar-refractivity contribution in [2.45, 2.75) is 26.4 Å². The standard InChI is InChI=1S/C11H17NO3/c1-8(2)10(13)12-7-11(3,14)9-5-4-6-15-9/h4-6,8,14H,7H2,1-3H3,(H,12,13). The van der Waals surface area contributed by atoms with Crippen LogP contribution in [0.2, 0.25) is 0 Å². The summed E-state index contributed by atoms with van der Waals surface area (Å²) in [5.41, 5.74) is -1.16. The largest absolute Gasteiger partial charge is 0.466 e. The lowest BCUT2D eigenvalue weighted by atomic mass is 10.0. The van der Waals surface area contributed by atoms with E-state index < -0.39 is 5.60 Å². The highest BCUT2D eigenvalue weighted by molar-refractivity contribution is 5.77. The predicted octanol–water partition coefficient (Wildman–Crippen LogP) is 1.26. The molecular formula is C11H17NO3. The van der Waals surface area contributed by atoms with Gasteiger partial charge >= 0.3 is 0 Å². The minimum absolute atomic E-state index is 0.0816. The van der Waals surface area contributed by atoms with Gasteiger partial charge in [0.2, 0.25) is 5.91 Å².